The summed E-state index contributed by atoms with van der Waals surface area (Å²) < 4.78 is 0.827. The number of rotatable bonds is 16. The number of piperidine rings is 6. The molecule has 0 amide bonds. The van der Waals surface area contributed by atoms with E-state index in [2.05, 4.69) is 198 Å². The molecule has 14 aromatic heterocycles. The van der Waals surface area contributed by atoms with Gasteiger partial charge in [0.2, 0.25) is 33.9 Å². The molecule has 8 fully saturated rings. The second kappa shape index (κ2) is 44.6. The number of nitrogens with zero attached hydrogens (tertiary/aromatic N) is 26. The van der Waals surface area contributed by atoms with Crippen molar-refractivity contribution >= 4 is 176 Å². The molecule has 2 bridgehead atoms. The Balaban J connectivity index is 0.000000105. The van der Waals surface area contributed by atoms with Crippen LogP contribution < -0.4 is 34.7 Å². The van der Waals surface area contributed by atoms with E-state index in [1.54, 1.807) is 36.9 Å². The zero-order valence-corrected chi connectivity index (χ0v) is 90.7. The van der Waals surface area contributed by atoms with E-state index >= 15 is 0 Å². The van der Waals surface area contributed by atoms with Gasteiger partial charge < -0.3 is 39.8 Å². The van der Waals surface area contributed by atoms with Gasteiger partial charge in [0.15, 0.2) is 0 Å². The van der Waals surface area contributed by atoms with Crippen LogP contribution in [0.25, 0.3) is 135 Å². The van der Waals surface area contributed by atoms with Gasteiger partial charge in [-0.3, -0.25) is 40.6 Å². The van der Waals surface area contributed by atoms with E-state index in [9.17, 15) is 5.11 Å². The third kappa shape index (κ3) is 21.9. The Labute approximate surface area is 903 Å². The first-order valence-electron chi connectivity index (χ1n) is 52.4. The lowest BCUT2D eigenvalue weighted by Gasteiger charge is -2.39. The number of aromatic nitrogens is 26. The molecule has 18 aromatic rings. The molecular weight excluding hydrogens is 2060 g/mol. The van der Waals surface area contributed by atoms with Gasteiger partial charge in [0.05, 0.1) is 96.4 Å². The van der Waals surface area contributed by atoms with Gasteiger partial charge in [0.1, 0.15) is 79.4 Å². The number of H-pyrrole nitrogens is 6. The summed E-state index contributed by atoms with van der Waals surface area (Å²) in [4.78, 5) is 78.4. The van der Waals surface area contributed by atoms with Gasteiger partial charge in [-0.25, -0.2) is 59.8 Å². The van der Waals surface area contributed by atoms with E-state index in [1.165, 1.54) is 103 Å². The number of pyridine rings is 2. The zero-order valence-electron chi connectivity index (χ0n) is 85.3. The van der Waals surface area contributed by atoms with Gasteiger partial charge in [0.25, 0.3) is 0 Å². The average molecular weight is 2180 g/mol. The molecule has 34 nitrogen and oxygen atoms in total. The highest BCUT2D eigenvalue weighted by atomic mass is 79.9. The minimum Gasteiger partial charge on any atom is -0.390 e. The Bertz CT molecular complexity index is 7590. The van der Waals surface area contributed by atoms with Gasteiger partial charge in [-0.15, -0.1) is 0 Å². The quantitative estimate of drug-likeness (QED) is 0.0445. The van der Waals surface area contributed by atoms with E-state index in [0.717, 1.165) is 222 Å². The van der Waals surface area contributed by atoms with Crippen LogP contribution in [0, 0.1) is 16.2 Å². The highest BCUT2D eigenvalue weighted by Crippen LogP contribution is 2.46. The number of fused-ring (bicyclic) bond motifs is 8. The monoisotopic (exact) mass is 2180 g/mol. The molecule has 2 unspecified atom stereocenters. The van der Waals surface area contributed by atoms with Gasteiger partial charge in [-0.1, -0.05) is 192 Å². The zero-order chi connectivity index (χ0) is 103. The first-order valence-corrected chi connectivity index (χ1v) is 55.1. The molecule has 0 radical (unpaired) electrons. The summed E-state index contributed by atoms with van der Waals surface area (Å²) in [6.45, 7) is 26.8. The largest absolute Gasteiger partial charge is 0.390 e. The van der Waals surface area contributed by atoms with E-state index < -0.39 is 5.60 Å². The SMILES string of the molecule is CCC1(C)CCN(c2cnc3c(-c4cccc(Cl)c4Br)[nH]nc3n2)CC1.CCC1(C)CCN(c2cnc3c(-c4ccncc4)[nH]nc3n2)CC1.CCC1(C)CCN(c2cnc3c(-c4ncccc4Cl)[nH]nc3n2)CC1.CCC1(O)CCN(c2cnc3c(-c4ccccc4Cl)[nH]nc3n2)CC1.Clc1ccccc1-c1[nH]nc2nc(N3C4CCCC3CC4)cnc12.Clc1ccccc1-c1[nH]nc2nc(N3CCC4(CCCN4)CC3)cnc12. The number of halogens is 6. The summed E-state index contributed by atoms with van der Waals surface area (Å²) in [5.74, 6) is 5.38. The lowest BCUT2D eigenvalue weighted by Crippen LogP contribution is -2.50. The molecule has 4 aromatic carbocycles. The lowest BCUT2D eigenvalue weighted by molar-refractivity contribution is 0.0124. The number of anilines is 6. The number of aromatic amines is 6. The van der Waals surface area contributed by atoms with Crippen molar-refractivity contribution < 1.29 is 5.11 Å². The third-order valence-electron chi connectivity index (χ3n) is 32.6. The van der Waals surface area contributed by atoms with Crippen molar-refractivity contribution in [1.29, 1.82) is 0 Å². The average Bonchev–Trinajstić information content (AvgIpc) is 1.63. The van der Waals surface area contributed by atoms with Crippen LogP contribution in [0.5, 0.6) is 0 Å². The number of benzene rings is 4. The summed E-state index contributed by atoms with van der Waals surface area (Å²) in [6.07, 6.45) is 40.7. The van der Waals surface area contributed by atoms with E-state index in [1.807, 2.05) is 141 Å². The van der Waals surface area contributed by atoms with Crippen LogP contribution in [0.1, 0.15) is 183 Å². The van der Waals surface area contributed by atoms with E-state index in [0.29, 0.717) is 115 Å². The Morgan fingerprint density at radius 2 is 0.653 bits per heavy atom. The number of nitrogens with one attached hydrogen (secondary N) is 7. The van der Waals surface area contributed by atoms with Crippen LogP contribution in [0.15, 0.2) is 176 Å². The van der Waals surface area contributed by atoms with Crippen molar-refractivity contribution in [2.24, 2.45) is 16.2 Å². The van der Waals surface area contributed by atoms with Crippen molar-refractivity contribution in [3.05, 3.63) is 201 Å². The Hall–Kier alpha value is -12.9. The van der Waals surface area contributed by atoms with Crippen LogP contribution in [-0.4, -0.2) is 231 Å². The van der Waals surface area contributed by atoms with Crippen LogP contribution >= 0.6 is 73.9 Å². The summed E-state index contributed by atoms with van der Waals surface area (Å²) in [6, 6.07) is 37.5. The van der Waals surface area contributed by atoms with Crippen molar-refractivity contribution in [1.82, 2.24) is 136 Å². The smallest absolute Gasteiger partial charge is 0.202 e. The normalized spacial score (nSPS) is 18.5. The van der Waals surface area contributed by atoms with Crippen LogP contribution in [-0.2, 0) is 0 Å². The molecule has 0 saturated carbocycles. The lowest BCUT2D eigenvalue weighted by atomic mass is 9.78. The molecule has 1 spiro atoms. The predicted molar refractivity (Wildman–Crippen MR) is 602 cm³/mol. The van der Waals surface area contributed by atoms with Crippen LogP contribution in [0.2, 0.25) is 25.1 Å². The second-order valence-corrected chi connectivity index (χ2v) is 44.5. The molecular formula is C110H123BrCl5N33O. The maximum Gasteiger partial charge on any atom is 0.202 e. The molecule has 8 N–H and O–H groups in total. The minimum absolute atomic E-state index is 0.359. The van der Waals surface area contributed by atoms with Gasteiger partial charge in [-0.05, 0) is 203 Å². The van der Waals surface area contributed by atoms with Crippen LogP contribution in [0.3, 0.4) is 0 Å². The molecule has 8 aliphatic rings. The molecule has 8 saturated heterocycles. The minimum atomic E-state index is -0.544. The van der Waals surface area contributed by atoms with Crippen molar-refractivity contribution in [2.45, 2.75) is 207 Å². The molecule has 26 rings (SSSR count). The summed E-state index contributed by atoms with van der Waals surface area (Å²) in [7, 11) is 0. The molecule has 2 atom stereocenters. The molecule has 40 heteroatoms. The first-order chi connectivity index (χ1) is 72.9. The standard InChI is InChI=1S/C19H21BrClN5.C19H21ClN6.C18H21ClN6.C18H20ClN5O.C18H18ClN5.C18H22N6/c1-3-19(2)7-9-26(10-8-19)14-11-22-17-16(24-25-18(17)23-14)12-5-4-6-13(21)15(12)20;20-14-5-2-1-4-13(14)16-17-18(25-24-16)23-15(12-21-17)26-10-7-19(8-11-26)6-3-9-22-19;1-3-18(2)6-9-25(10-7-18)13-11-21-16-15(23-24-17(16)22-13)14-12(19)5-4-8-20-14;1-2-18(25)7-9-24(10-8-18)14-11-20-16-15(22-23-17(16)21-14)12-5-3-4-6-13(12)19;19-14-7-2-1-6-13(14)16-17-18(23-22-16)21-15(10-20-17)24-11-4-3-5-12(24)9-8-11;1-3-18(2)6-10-24(11-7-18)14-12-20-16-15(22-23-17(16)21-14)13-4-8-19-9-5-13/h4-6,11H,3,7-10H2,1-2H3,(H,23,24,25);1-2,4-5,12,22H,3,6-11H2,(H,23,24,25);4-5,8,11H,3,6-7,9-10H2,1-2H3,(H,22,23,24);3-6,11,25H,2,7-10H2,1H3,(H,21,22,23);1-2,6-7,10-12H,3-5,8-9H2,(H,21,22,23);4-5,8-9,12H,3,6-7,10-11H2,1-2H3,(H,21,22,23). The van der Waals surface area contributed by atoms with Crippen molar-refractivity contribution in [2.75, 3.05) is 101 Å². The summed E-state index contributed by atoms with van der Waals surface area (Å²) in [5, 5.41) is 61.6. The summed E-state index contributed by atoms with van der Waals surface area (Å²) >= 11 is 34.9. The van der Waals surface area contributed by atoms with Crippen molar-refractivity contribution in [3.8, 4) is 67.7 Å². The third-order valence-corrected chi connectivity index (χ3v) is 35.3. The van der Waals surface area contributed by atoms with Crippen LogP contribution in [0.4, 0.5) is 34.9 Å². The number of hydrogen-bond acceptors (Lipinski definition) is 28. The van der Waals surface area contributed by atoms with E-state index in [4.69, 9.17) is 82.9 Å². The highest BCUT2D eigenvalue weighted by molar-refractivity contribution is 9.10. The Kier molecular flexibility index (Phi) is 30.6. The van der Waals surface area contributed by atoms with Gasteiger partial charge in [0, 0.05) is 134 Å². The molecule has 8 aliphatic heterocycles. The van der Waals surface area contributed by atoms with Gasteiger partial charge in [-0.2, -0.15) is 30.6 Å². The number of hydrogen-bond donors (Lipinski definition) is 8. The molecule has 150 heavy (non-hydrogen) atoms. The second-order valence-electron chi connectivity index (χ2n) is 41.6. The van der Waals surface area contributed by atoms with E-state index in [-0.39, 0.29) is 0 Å². The summed E-state index contributed by atoms with van der Waals surface area (Å²) in [5.41, 5.74) is 19.5. The molecule has 776 valence electrons. The Morgan fingerprint density at radius 1 is 0.327 bits per heavy atom. The fourth-order valence-corrected chi connectivity index (χ4v) is 23.4. The Morgan fingerprint density at radius 3 is 1.03 bits per heavy atom. The maximum atomic E-state index is 10.4. The fraction of sp³-hybridized carbons (Fsp3) is 0.418. The van der Waals surface area contributed by atoms with Crippen molar-refractivity contribution in [3.63, 3.8) is 0 Å². The predicted octanol–water partition coefficient (Wildman–Crippen LogP) is 24.0. The number of aliphatic hydroxyl groups is 1. The topological polar surface area (TPSA) is 404 Å². The molecule has 0 aliphatic carbocycles. The van der Waals surface area contributed by atoms with Gasteiger partial charge >= 0.3 is 0 Å². The fourth-order valence-electron chi connectivity index (χ4n) is 21.8. The maximum absolute atomic E-state index is 10.4. The highest BCUT2D eigenvalue weighted by Gasteiger charge is 2.41. The molecule has 22 heterocycles. The first kappa shape index (κ1) is 103.